The van der Waals surface area contributed by atoms with E-state index in [1.807, 2.05) is 30.3 Å². The molecule has 0 radical (unpaired) electrons. The molecule has 0 saturated heterocycles. The molecule has 0 aliphatic heterocycles. The summed E-state index contributed by atoms with van der Waals surface area (Å²) in [6.45, 7) is 2.28. The topological polar surface area (TPSA) is 52.3 Å². The lowest BCUT2D eigenvalue weighted by Crippen LogP contribution is -2.48. The molecule has 0 amide bonds. The summed E-state index contributed by atoms with van der Waals surface area (Å²) in [4.78, 5) is 12.2. The first-order valence-corrected chi connectivity index (χ1v) is 7.58. The van der Waals surface area contributed by atoms with E-state index in [2.05, 4.69) is 0 Å². The average Bonchev–Trinajstić information content (AvgIpc) is 2.46. The lowest BCUT2D eigenvalue weighted by molar-refractivity contribution is -0.151. The van der Waals surface area contributed by atoms with Crippen molar-refractivity contribution in [1.82, 2.24) is 0 Å². The van der Waals surface area contributed by atoms with E-state index in [-0.39, 0.29) is 5.97 Å². The summed E-state index contributed by atoms with van der Waals surface area (Å²) in [6, 6.07) is 9.84. The molecule has 1 aromatic rings. The van der Waals surface area contributed by atoms with Crippen molar-refractivity contribution in [3.05, 3.63) is 35.9 Å². The van der Waals surface area contributed by atoms with Crippen LogP contribution in [0.15, 0.2) is 30.3 Å². The zero-order valence-corrected chi connectivity index (χ0v) is 12.3. The molecule has 3 nitrogen and oxygen atoms in total. The van der Waals surface area contributed by atoms with Crippen LogP contribution < -0.4 is 5.73 Å². The van der Waals surface area contributed by atoms with E-state index in [1.54, 1.807) is 6.92 Å². The van der Waals surface area contributed by atoms with Gasteiger partial charge in [0, 0.05) is 6.42 Å². The fourth-order valence-electron chi connectivity index (χ4n) is 2.80. The largest absolute Gasteiger partial charge is 0.464 e. The molecule has 0 heterocycles. The second kappa shape index (κ2) is 6.89. The van der Waals surface area contributed by atoms with Gasteiger partial charge in [-0.3, -0.25) is 4.79 Å². The number of hydrogen-bond acceptors (Lipinski definition) is 3. The van der Waals surface area contributed by atoms with Gasteiger partial charge in [-0.05, 0) is 31.2 Å². The highest BCUT2D eigenvalue weighted by Gasteiger charge is 2.31. The summed E-state index contributed by atoms with van der Waals surface area (Å²) in [5.74, 6) is 0.243. The van der Waals surface area contributed by atoms with E-state index in [0.717, 1.165) is 5.56 Å². The zero-order chi connectivity index (χ0) is 14.4. The standard InChI is InChI=1S/C17H25NO2/c1-17(18,12-14-8-4-2-5-9-14)16(19)20-13-15-10-6-3-7-11-15/h2,4-5,8-9,15H,3,6-7,10-13,18H2,1H3. The fourth-order valence-corrected chi connectivity index (χ4v) is 2.80. The molecule has 0 aromatic heterocycles. The molecule has 1 unspecified atom stereocenters. The summed E-state index contributed by atoms with van der Waals surface area (Å²) in [6.07, 6.45) is 6.68. The highest BCUT2D eigenvalue weighted by Crippen LogP contribution is 2.24. The van der Waals surface area contributed by atoms with E-state index in [4.69, 9.17) is 10.5 Å². The molecule has 3 heteroatoms. The Hall–Kier alpha value is -1.35. The molecule has 1 aromatic carbocycles. The molecule has 1 aliphatic rings. The van der Waals surface area contributed by atoms with Crippen molar-refractivity contribution in [3.8, 4) is 0 Å². The molecular formula is C17H25NO2. The lowest BCUT2D eigenvalue weighted by atomic mass is 9.90. The van der Waals surface area contributed by atoms with Gasteiger partial charge in [0.15, 0.2) is 0 Å². The Morgan fingerprint density at radius 1 is 1.25 bits per heavy atom. The molecule has 1 fully saturated rings. The second-order valence-electron chi connectivity index (χ2n) is 6.18. The Morgan fingerprint density at radius 2 is 1.90 bits per heavy atom. The van der Waals surface area contributed by atoms with Crippen molar-refractivity contribution in [2.45, 2.75) is 51.0 Å². The number of benzene rings is 1. The van der Waals surface area contributed by atoms with Crippen LogP contribution in [0.5, 0.6) is 0 Å². The average molecular weight is 275 g/mol. The van der Waals surface area contributed by atoms with E-state index < -0.39 is 5.54 Å². The molecule has 1 aliphatic carbocycles. The van der Waals surface area contributed by atoms with Gasteiger partial charge in [-0.25, -0.2) is 0 Å². The van der Waals surface area contributed by atoms with Crippen LogP contribution in [0.1, 0.15) is 44.6 Å². The number of carbonyl (C=O) groups excluding carboxylic acids is 1. The first kappa shape index (κ1) is 15.0. The predicted octanol–water partition coefficient (Wildman–Crippen LogP) is 3.07. The van der Waals surface area contributed by atoms with Gasteiger partial charge in [-0.15, -0.1) is 0 Å². The van der Waals surface area contributed by atoms with Crippen molar-refractivity contribution in [3.63, 3.8) is 0 Å². The van der Waals surface area contributed by atoms with Gasteiger partial charge in [-0.2, -0.15) is 0 Å². The number of hydrogen-bond donors (Lipinski definition) is 1. The van der Waals surface area contributed by atoms with Crippen LogP contribution in [0.2, 0.25) is 0 Å². The number of rotatable bonds is 5. The third-order valence-electron chi connectivity index (χ3n) is 4.06. The van der Waals surface area contributed by atoms with Crippen LogP contribution >= 0.6 is 0 Å². The summed E-state index contributed by atoms with van der Waals surface area (Å²) in [5, 5.41) is 0. The Morgan fingerprint density at radius 3 is 2.55 bits per heavy atom. The number of esters is 1. The smallest absolute Gasteiger partial charge is 0.326 e. The van der Waals surface area contributed by atoms with E-state index in [9.17, 15) is 4.79 Å². The van der Waals surface area contributed by atoms with Gasteiger partial charge in [0.2, 0.25) is 0 Å². The molecule has 2 rings (SSSR count). The first-order valence-electron chi connectivity index (χ1n) is 7.58. The van der Waals surface area contributed by atoms with Gasteiger partial charge >= 0.3 is 5.97 Å². The number of ether oxygens (including phenoxy) is 1. The van der Waals surface area contributed by atoms with Crippen LogP contribution in [0.25, 0.3) is 0 Å². The second-order valence-corrected chi connectivity index (χ2v) is 6.18. The molecular weight excluding hydrogens is 250 g/mol. The number of nitrogens with two attached hydrogens (primary N) is 1. The van der Waals surface area contributed by atoms with Crippen molar-refractivity contribution in [2.24, 2.45) is 11.7 Å². The third kappa shape index (κ3) is 4.34. The number of carbonyl (C=O) groups is 1. The highest BCUT2D eigenvalue weighted by molar-refractivity contribution is 5.80. The maximum absolute atomic E-state index is 12.2. The van der Waals surface area contributed by atoms with Crippen LogP contribution in [-0.2, 0) is 16.0 Å². The van der Waals surface area contributed by atoms with Crippen molar-refractivity contribution >= 4 is 5.97 Å². The maximum atomic E-state index is 12.2. The first-order chi connectivity index (χ1) is 9.58. The van der Waals surface area contributed by atoms with Gasteiger partial charge in [0.25, 0.3) is 0 Å². The molecule has 110 valence electrons. The lowest BCUT2D eigenvalue weighted by Gasteiger charge is -2.26. The minimum Gasteiger partial charge on any atom is -0.464 e. The Balaban J connectivity index is 1.83. The van der Waals surface area contributed by atoms with Crippen molar-refractivity contribution in [1.29, 1.82) is 0 Å². The van der Waals surface area contributed by atoms with Gasteiger partial charge in [0.1, 0.15) is 5.54 Å². The van der Waals surface area contributed by atoms with Crippen LogP contribution in [0, 0.1) is 5.92 Å². The summed E-state index contributed by atoms with van der Waals surface area (Å²) in [7, 11) is 0. The minimum atomic E-state index is -0.948. The molecule has 1 saturated carbocycles. The maximum Gasteiger partial charge on any atom is 0.326 e. The van der Waals surface area contributed by atoms with E-state index in [0.29, 0.717) is 18.9 Å². The summed E-state index contributed by atoms with van der Waals surface area (Å²) < 4.78 is 5.45. The molecule has 0 spiro atoms. The molecule has 1 atom stereocenters. The Bertz CT molecular complexity index is 422. The molecule has 20 heavy (non-hydrogen) atoms. The van der Waals surface area contributed by atoms with Crippen LogP contribution in [-0.4, -0.2) is 18.1 Å². The zero-order valence-electron chi connectivity index (χ0n) is 12.3. The van der Waals surface area contributed by atoms with Crippen molar-refractivity contribution in [2.75, 3.05) is 6.61 Å². The summed E-state index contributed by atoms with van der Waals surface area (Å²) in [5.41, 5.74) is 6.25. The Labute approximate surface area is 121 Å². The van der Waals surface area contributed by atoms with Crippen molar-refractivity contribution < 1.29 is 9.53 Å². The normalized spacial score (nSPS) is 19.3. The van der Waals surface area contributed by atoms with Gasteiger partial charge < -0.3 is 10.5 Å². The van der Waals surface area contributed by atoms with E-state index in [1.165, 1.54) is 32.1 Å². The Kier molecular flexibility index (Phi) is 5.18. The van der Waals surface area contributed by atoms with E-state index >= 15 is 0 Å². The van der Waals surface area contributed by atoms with Crippen LogP contribution in [0.4, 0.5) is 0 Å². The van der Waals surface area contributed by atoms with Crippen LogP contribution in [0.3, 0.4) is 0 Å². The SMILES string of the molecule is CC(N)(Cc1ccccc1)C(=O)OCC1CCCCC1. The quantitative estimate of drug-likeness (QED) is 0.840. The molecule has 2 N–H and O–H groups in total. The monoisotopic (exact) mass is 275 g/mol. The molecule has 0 bridgehead atoms. The third-order valence-corrected chi connectivity index (χ3v) is 4.06. The highest BCUT2D eigenvalue weighted by atomic mass is 16.5. The summed E-state index contributed by atoms with van der Waals surface area (Å²) >= 11 is 0. The van der Waals surface area contributed by atoms with Gasteiger partial charge in [0.05, 0.1) is 6.61 Å². The van der Waals surface area contributed by atoms with Gasteiger partial charge in [-0.1, -0.05) is 49.6 Å². The minimum absolute atomic E-state index is 0.285. The predicted molar refractivity (Wildman–Crippen MR) is 80.3 cm³/mol. The fraction of sp³-hybridized carbons (Fsp3) is 0.588.